The number of carboxylic acid groups (broad SMARTS) is 1. The Morgan fingerprint density at radius 2 is 2.06 bits per heavy atom. The number of carboxylic acids is 1. The molecule has 1 N–H and O–H groups in total. The number of carbonyl (C=O) groups is 1. The molecule has 0 aromatic carbocycles. The maximum Gasteiger partial charge on any atom is 0.303 e. The van der Waals surface area contributed by atoms with E-state index in [2.05, 4.69) is 10.2 Å². The van der Waals surface area contributed by atoms with Crippen molar-refractivity contribution >= 4 is 5.97 Å². The van der Waals surface area contributed by atoms with Crippen LogP contribution in [0, 0.1) is 0 Å². The Bertz CT molecular complexity index is 424. The lowest BCUT2D eigenvalue weighted by Gasteiger charge is -2.25. The molecule has 0 spiro atoms. The second-order valence-electron chi connectivity index (χ2n) is 4.56. The number of alkyl halides is 2. The van der Waals surface area contributed by atoms with E-state index in [0.717, 1.165) is 0 Å². The first kappa shape index (κ1) is 12.9. The van der Waals surface area contributed by atoms with E-state index >= 15 is 0 Å². The molecule has 5 nitrogen and oxygen atoms in total. The Morgan fingerprint density at radius 1 is 1.39 bits per heavy atom. The van der Waals surface area contributed by atoms with Crippen LogP contribution in [0.2, 0.25) is 0 Å². The van der Waals surface area contributed by atoms with Crippen LogP contribution in [0.15, 0.2) is 4.42 Å². The lowest BCUT2D eigenvalue weighted by Crippen LogP contribution is -2.23. The average Bonchev–Trinajstić information content (AvgIpc) is 2.75. The van der Waals surface area contributed by atoms with Gasteiger partial charge in [0.2, 0.25) is 17.7 Å². The molecule has 0 amide bonds. The molecule has 1 aliphatic carbocycles. The van der Waals surface area contributed by atoms with Crippen LogP contribution in [0.3, 0.4) is 0 Å². The highest BCUT2D eigenvalue weighted by Crippen LogP contribution is 2.40. The summed E-state index contributed by atoms with van der Waals surface area (Å²) in [6, 6.07) is 0. The second-order valence-corrected chi connectivity index (χ2v) is 4.56. The number of aryl methyl sites for hydroxylation is 1. The predicted octanol–water partition coefficient (Wildman–Crippen LogP) is 2.38. The van der Waals surface area contributed by atoms with Gasteiger partial charge in [-0.15, -0.1) is 10.2 Å². The van der Waals surface area contributed by atoms with E-state index in [9.17, 15) is 13.6 Å². The first-order valence-electron chi connectivity index (χ1n) is 5.88. The van der Waals surface area contributed by atoms with Crippen molar-refractivity contribution in [1.29, 1.82) is 0 Å². The van der Waals surface area contributed by atoms with Crippen molar-refractivity contribution in [3.63, 3.8) is 0 Å². The molecular weight excluding hydrogens is 246 g/mol. The molecular formula is C11H14F2N2O3. The Morgan fingerprint density at radius 3 is 2.67 bits per heavy atom. The highest BCUT2D eigenvalue weighted by molar-refractivity contribution is 5.66. The monoisotopic (exact) mass is 260 g/mol. The molecule has 1 heterocycles. The number of nitrogens with zero attached hydrogens (tertiary/aromatic N) is 2. The SMILES string of the molecule is O=C(O)CCc1nnc(C2CCC(F)(F)CC2)o1. The van der Waals surface area contributed by atoms with Gasteiger partial charge in [-0.1, -0.05) is 0 Å². The minimum atomic E-state index is -2.58. The molecule has 0 saturated heterocycles. The summed E-state index contributed by atoms with van der Waals surface area (Å²) in [5.41, 5.74) is 0. The van der Waals surface area contributed by atoms with Crippen molar-refractivity contribution < 1.29 is 23.1 Å². The minimum absolute atomic E-state index is 0.0790. The van der Waals surface area contributed by atoms with Crippen molar-refractivity contribution in [2.75, 3.05) is 0 Å². The van der Waals surface area contributed by atoms with Gasteiger partial charge in [0.05, 0.1) is 6.42 Å². The van der Waals surface area contributed by atoms with Gasteiger partial charge in [0.25, 0.3) is 0 Å². The van der Waals surface area contributed by atoms with Crippen molar-refractivity contribution in [3.05, 3.63) is 11.8 Å². The lowest BCUT2D eigenvalue weighted by atomic mass is 9.87. The molecule has 0 unspecified atom stereocenters. The third kappa shape index (κ3) is 3.24. The minimum Gasteiger partial charge on any atom is -0.481 e. The van der Waals surface area contributed by atoms with E-state index in [-0.39, 0.29) is 37.5 Å². The first-order chi connectivity index (χ1) is 8.46. The fraction of sp³-hybridized carbons (Fsp3) is 0.727. The maximum atomic E-state index is 13.0. The Balaban J connectivity index is 1.92. The number of halogens is 2. The molecule has 7 heteroatoms. The summed E-state index contributed by atoms with van der Waals surface area (Å²) in [6.45, 7) is 0. The molecule has 1 saturated carbocycles. The van der Waals surface area contributed by atoms with Crippen molar-refractivity contribution in [2.45, 2.75) is 50.4 Å². The zero-order chi connectivity index (χ0) is 13.2. The van der Waals surface area contributed by atoms with E-state index in [4.69, 9.17) is 9.52 Å². The van der Waals surface area contributed by atoms with E-state index in [1.807, 2.05) is 0 Å². The molecule has 0 aliphatic heterocycles. The van der Waals surface area contributed by atoms with Gasteiger partial charge in [-0.25, -0.2) is 8.78 Å². The average molecular weight is 260 g/mol. The number of hydrogen-bond donors (Lipinski definition) is 1. The zero-order valence-electron chi connectivity index (χ0n) is 9.73. The van der Waals surface area contributed by atoms with Crippen LogP contribution in [0.5, 0.6) is 0 Å². The third-order valence-electron chi connectivity index (χ3n) is 3.10. The molecule has 0 bridgehead atoms. The molecule has 2 rings (SSSR count). The highest BCUT2D eigenvalue weighted by atomic mass is 19.3. The van der Waals surface area contributed by atoms with Gasteiger partial charge >= 0.3 is 5.97 Å². The molecule has 100 valence electrons. The van der Waals surface area contributed by atoms with E-state index in [0.29, 0.717) is 18.7 Å². The van der Waals surface area contributed by atoms with E-state index in [1.54, 1.807) is 0 Å². The van der Waals surface area contributed by atoms with Gasteiger partial charge in [0, 0.05) is 25.2 Å². The molecule has 0 atom stereocenters. The number of aliphatic carboxylic acids is 1. The first-order valence-corrected chi connectivity index (χ1v) is 5.88. The summed E-state index contributed by atoms with van der Waals surface area (Å²) in [5, 5.41) is 16.1. The standard InChI is InChI=1S/C11H14F2N2O3/c12-11(13)5-3-7(4-6-11)10-15-14-8(18-10)1-2-9(16)17/h7H,1-6H2,(H,16,17). The van der Waals surface area contributed by atoms with Gasteiger partial charge in [0.1, 0.15) is 0 Å². The van der Waals surface area contributed by atoms with Gasteiger partial charge in [0.15, 0.2) is 0 Å². The summed E-state index contributed by atoms with van der Waals surface area (Å²) >= 11 is 0. The molecule has 1 fully saturated rings. The summed E-state index contributed by atoms with van der Waals surface area (Å²) in [4.78, 5) is 10.4. The zero-order valence-corrected chi connectivity index (χ0v) is 9.73. The van der Waals surface area contributed by atoms with E-state index < -0.39 is 11.9 Å². The molecule has 1 aromatic heterocycles. The van der Waals surface area contributed by atoms with Gasteiger partial charge in [-0.05, 0) is 12.8 Å². The molecule has 1 aromatic rings. The normalized spacial score (nSPS) is 19.9. The lowest BCUT2D eigenvalue weighted by molar-refractivity contribution is -0.137. The number of rotatable bonds is 4. The molecule has 1 aliphatic rings. The fourth-order valence-electron chi connectivity index (χ4n) is 2.03. The van der Waals surface area contributed by atoms with Crippen molar-refractivity contribution in [1.82, 2.24) is 10.2 Å². The van der Waals surface area contributed by atoms with Crippen LogP contribution in [0.1, 0.15) is 49.8 Å². The van der Waals surface area contributed by atoms with Gasteiger partial charge in [-0.2, -0.15) is 0 Å². The Kier molecular flexibility index (Phi) is 3.58. The van der Waals surface area contributed by atoms with Crippen LogP contribution in [-0.4, -0.2) is 27.2 Å². The van der Waals surface area contributed by atoms with Crippen LogP contribution < -0.4 is 0 Å². The molecule has 0 radical (unpaired) electrons. The van der Waals surface area contributed by atoms with Gasteiger partial charge in [-0.3, -0.25) is 4.79 Å². The predicted molar refractivity (Wildman–Crippen MR) is 56.4 cm³/mol. The fourth-order valence-corrected chi connectivity index (χ4v) is 2.03. The summed E-state index contributed by atoms with van der Waals surface area (Å²) < 4.78 is 31.3. The smallest absolute Gasteiger partial charge is 0.303 e. The van der Waals surface area contributed by atoms with Crippen molar-refractivity contribution in [3.8, 4) is 0 Å². The quantitative estimate of drug-likeness (QED) is 0.899. The second kappa shape index (κ2) is 4.99. The summed E-state index contributed by atoms with van der Waals surface area (Å²) in [6.07, 6.45) is 0.422. The number of aromatic nitrogens is 2. The van der Waals surface area contributed by atoms with Crippen LogP contribution in [0.4, 0.5) is 8.78 Å². The van der Waals surface area contributed by atoms with E-state index in [1.165, 1.54) is 0 Å². The summed E-state index contributed by atoms with van der Waals surface area (Å²) in [5.74, 6) is -3.04. The maximum absolute atomic E-state index is 13.0. The largest absolute Gasteiger partial charge is 0.481 e. The van der Waals surface area contributed by atoms with Crippen LogP contribution in [0.25, 0.3) is 0 Å². The van der Waals surface area contributed by atoms with Crippen LogP contribution >= 0.6 is 0 Å². The van der Waals surface area contributed by atoms with Crippen molar-refractivity contribution in [2.24, 2.45) is 0 Å². The Hall–Kier alpha value is -1.53. The topological polar surface area (TPSA) is 76.2 Å². The molecule has 18 heavy (non-hydrogen) atoms. The Labute approximate surface area is 102 Å². The van der Waals surface area contributed by atoms with Gasteiger partial charge < -0.3 is 9.52 Å². The van der Waals surface area contributed by atoms with Crippen LogP contribution in [-0.2, 0) is 11.2 Å². The third-order valence-corrected chi connectivity index (χ3v) is 3.10. The summed E-state index contributed by atoms with van der Waals surface area (Å²) in [7, 11) is 0. The number of hydrogen-bond acceptors (Lipinski definition) is 4. The highest BCUT2D eigenvalue weighted by Gasteiger charge is 2.37.